The molecule has 2 heterocycles. The zero-order valence-corrected chi connectivity index (χ0v) is 20.4. The van der Waals surface area contributed by atoms with E-state index in [-0.39, 0.29) is 60.4 Å². The maximum Gasteiger partial charge on any atom is 0.415 e. The van der Waals surface area contributed by atoms with Crippen molar-refractivity contribution < 1.29 is 36.7 Å². The van der Waals surface area contributed by atoms with Gasteiger partial charge in [-0.25, -0.2) is 4.79 Å². The highest BCUT2D eigenvalue weighted by Gasteiger charge is 2.36. The number of alkyl halides is 3. The molecule has 1 saturated heterocycles. The minimum Gasteiger partial charge on any atom is -0.459 e. The molecule has 1 aliphatic rings. The standard InChI is InChI=1S/C25H25F3N4O6/c1-35-10-11-36-23-29-22(38-31-23)19-12-18(17-4-2-16(3-5-17)13-25(26,27)28)14-32(15-19)24(33)37-21-8-6-20(30-34)7-9-21/h2-9,18-19H,10-15H2,1H3. The topological polar surface area (TPSA) is 116 Å². The van der Waals surface area contributed by atoms with E-state index in [9.17, 15) is 22.9 Å². The van der Waals surface area contributed by atoms with Gasteiger partial charge in [0, 0.05) is 26.1 Å². The molecule has 2 aromatic carbocycles. The molecule has 0 radical (unpaired) electrons. The molecule has 2 unspecified atom stereocenters. The Kier molecular flexibility index (Phi) is 8.56. The van der Waals surface area contributed by atoms with Crippen LogP contribution in [0.3, 0.4) is 0 Å². The lowest BCUT2D eigenvalue weighted by atomic mass is 9.84. The molecule has 2 atom stereocenters. The predicted molar refractivity (Wildman–Crippen MR) is 127 cm³/mol. The third-order valence-corrected chi connectivity index (χ3v) is 6.00. The largest absolute Gasteiger partial charge is 0.459 e. The van der Waals surface area contributed by atoms with Crippen molar-refractivity contribution in [3.05, 3.63) is 70.5 Å². The summed E-state index contributed by atoms with van der Waals surface area (Å²) in [4.78, 5) is 29.5. The minimum absolute atomic E-state index is 0.0358. The van der Waals surface area contributed by atoms with Gasteiger partial charge in [0.15, 0.2) is 0 Å². The number of halogens is 3. The average molecular weight is 534 g/mol. The van der Waals surface area contributed by atoms with Crippen molar-refractivity contribution in [3.63, 3.8) is 0 Å². The first-order chi connectivity index (χ1) is 18.2. The molecule has 3 aromatic rings. The normalized spacial score (nSPS) is 17.7. The molecule has 0 aliphatic carbocycles. The van der Waals surface area contributed by atoms with Crippen LogP contribution in [0.1, 0.15) is 35.3 Å². The number of benzene rings is 2. The van der Waals surface area contributed by atoms with Crippen LogP contribution >= 0.6 is 0 Å². The second-order valence-corrected chi connectivity index (χ2v) is 8.78. The van der Waals surface area contributed by atoms with Crippen LogP contribution in [0.25, 0.3) is 0 Å². The van der Waals surface area contributed by atoms with Crippen LogP contribution in [-0.2, 0) is 11.2 Å². The molecule has 1 aliphatic heterocycles. The Labute approximate surface area is 215 Å². The van der Waals surface area contributed by atoms with E-state index in [2.05, 4.69) is 15.3 Å². The highest BCUT2D eigenvalue weighted by Crippen LogP contribution is 2.36. The summed E-state index contributed by atoms with van der Waals surface area (Å²) in [7, 11) is 1.53. The van der Waals surface area contributed by atoms with Crippen LogP contribution in [0.15, 0.2) is 58.2 Å². The van der Waals surface area contributed by atoms with Gasteiger partial charge in [0.25, 0.3) is 0 Å². The number of ether oxygens (including phenoxy) is 3. The van der Waals surface area contributed by atoms with Crippen molar-refractivity contribution in [1.29, 1.82) is 0 Å². The molecule has 4 rings (SSSR count). The van der Waals surface area contributed by atoms with E-state index in [1.54, 1.807) is 12.1 Å². The van der Waals surface area contributed by atoms with Gasteiger partial charge >= 0.3 is 18.3 Å². The van der Waals surface area contributed by atoms with Crippen LogP contribution in [0, 0.1) is 4.91 Å². The second kappa shape index (κ2) is 12.0. The van der Waals surface area contributed by atoms with E-state index >= 15 is 0 Å². The van der Waals surface area contributed by atoms with Crippen molar-refractivity contribution in [3.8, 4) is 11.8 Å². The molecule has 0 saturated carbocycles. The first kappa shape index (κ1) is 27.0. The number of methoxy groups -OCH3 is 1. The summed E-state index contributed by atoms with van der Waals surface area (Å²) in [6.45, 7) is 1.02. The number of piperidine rings is 1. The smallest absolute Gasteiger partial charge is 0.415 e. The molecule has 1 aromatic heterocycles. The number of carbonyl (C=O) groups excluding carboxylic acids is 1. The van der Waals surface area contributed by atoms with Crippen molar-refractivity contribution in [1.82, 2.24) is 15.0 Å². The van der Waals surface area contributed by atoms with Crippen LogP contribution in [0.2, 0.25) is 0 Å². The summed E-state index contributed by atoms with van der Waals surface area (Å²) in [5.41, 5.74) is 1.10. The third-order valence-electron chi connectivity index (χ3n) is 6.00. The third kappa shape index (κ3) is 7.28. The zero-order chi connectivity index (χ0) is 27.1. The van der Waals surface area contributed by atoms with E-state index in [1.807, 2.05) is 0 Å². The molecule has 0 bridgehead atoms. The number of hydrogen-bond donors (Lipinski definition) is 0. The van der Waals surface area contributed by atoms with Crippen LogP contribution < -0.4 is 9.47 Å². The lowest BCUT2D eigenvalue weighted by Crippen LogP contribution is -2.44. The quantitative estimate of drug-likeness (QED) is 0.266. The number of hydrogen-bond acceptors (Lipinski definition) is 9. The van der Waals surface area contributed by atoms with E-state index < -0.39 is 18.7 Å². The summed E-state index contributed by atoms with van der Waals surface area (Å²) in [6, 6.07) is 11.9. The summed E-state index contributed by atoms with van der Waals surface area (Å²) in [6.07, 6.45) is -5.47. The Morgan fingerprint density at radius 2 is 1.79 bits per heavy atom. The van der Waals surface area contributed by atoms with Gasteiger partial charge in [-0.2, -0.15) is 18.2 Å². The lowest BCUT2D eigenvalue weighted by Gasteiger charge is -2.36. The van der Waals surface area contributed by atoms with E-state index in [0.29, 0.717) is 13.0 Å². The van der Waals surface area contributed by atoms with Gasteiger partial charge in [-0.3, -0.25) is 0 Å². The van der Waals surface area contributed by atoms with Gasteiger partial charge in [0.2, 0.25) is 5.89 Å². The van der Waals surface area contributed by atoms with Gasteiger partial charge < -0.3 is 23.6 Å². The summed E-state index contributed by atoms with van der Waals surface area (Å²) in [5.74, 6) is -0.142. The molecule has 38 heavy (non-hydrogen) atoms. The number of nitroso groups, excluding NO2 is 1. The molecule has 0 N–H and O–H groups in total. The summed E-state index contributed by atoms with van der Waals surface area (Å²) in [5, 5.41) is 6.64. The van der Waals surface area contributed by atoms with E-state index in [1.165, 1.54) is 48.4 Å². The zero-order valence-electron chi connectivity index (χ0n) is 20.4. The Hall–Kier alpha value is -4.00. The molecule has 1 amide bonds. The fourth-order valence-corrected chi connectivity index (χ4v) is 4.21. The van der Waals surface area contributed by atoms with Crippen molar-refractivity contribution in [2.24, 2.45) is 5.18 Å². The van der Waals surface area contributed by atoms with E-state index in [4.69, 9.17) is 18.7 Å². The molecule has 202 valence electrons. The monoisotopic (exact) mass is 534 g/mol. The SMILES string of the molecule is COCCOc1noc(C2CC(c3ccc(CC(F)(F)F)cc3)CN(C(=O)Oc3ccc(N=O)cc3)C2)n1. The molecule has 10 nitrogen and oxygen atoms in total. The fourth-order valence-electron chi connectivity index (χ4n) is 4.21. The minimum atomic E-state index is -4.31. The average Bonchev–Trinajstić information content (AvgIpc) is 3.37. The van der Waals surface area contributed by atoms with E-state index in [0.717, 1.165) is 5.56 Å². The number of amides is 1. The Morgan fingerprint density at radius 1 is 1.08 bits per heavy atom. The highest BCUT2D eigenvalue weighted by molar-refractivity contribution is 5.71. The van der Waals surface area contributed by atoms with Crippen LogP contribution in [0.4, 0.5) is 23.7 Å². The number of carbonyl (C=O) groups is 1. The predicted octanol–water partition coefficient (Wildman–Crippen LogP) is 5.37. The van der Waals surface area contributed by atoms with Crippen LogP contribution in [-0.4, -0.2) is 60.7 Å². The van der Waals surface area contributed by atoms with Gasteiger partial charge in [-0.1, -0.05) is 24.3 Å². The Morgan fingerprint density at radius 3 is 2.45 bits per heavy atom. The first-order valence-electron chi connectivity index (χ1n) is 11.7. The first-order valence-corrected chi connectivity index (χ1v) is 11.7. The molecule has 1 fully saturated rings. The second-order valence-electron chi connectivity index (χ2n) is 8.78. The number of likely N-dealkylation sites (tertiary alicyclic amines) is 1. The highest BCUT2D eigenvalue weighted by atomic mass is 19.4. The van der Waals surface area contributed by atoms with Gasteiger partial charge in [-0.15, -0.1) is 4.91 Å². The maximum absolute atomic E-state index is 13.1. The van der Waals surface area contributed by atoms with Crippen molar-refractivity contribution >= 4 is 11.8 Å². The number of aromatic nitrogens is 2. The Balaban J connectivity index is 1.53. The maximum atomic E-state index is 13.1. The fraction of sp³-hybridized carbons (Fsp3) is 0.400. The Bertz CT molecular complexity index is 1220. The molecule has 13 heteroatoms. The summed E-state index contributed by atoms with van der Waals surface area (Å²) >= 11 is 0. The van der Waals surface area contributed by atoms with Crippen LogP contribution in [0.5, 0.6) is 11.8 Å². The molecular weight excluding hydrogens is 509 g/mol. The lowest BCUT2D eigenvalue weighted by molar-refractivity contribution is -0.127. The number of rotatable bonds is 9. The molecular formula is C25H25F3N4O6. The van der Waals surface area contributed by atoms with Crippen molar-refractivity contribution in [2.45, 2.75) is 30.9 Å². The van der Waals surface area contributed by atoms with Gasteiger partial charge in [0.1, 0.15) is 18.0 Å². The molecule has 0 spiro atoms. The summed E-state index contributed by atoms with van der Waals surface area (Å²) < 4.78 is 59.5. The van der Waals surface area contributed by atoms with Gasteiger partial charge in [-0.05, 0) is 52.1 Å². The number of nitrogens with zero attached hydrogens (tertiary/aromatic N) is 4. The van der Waals surface area contributed by atoms with Crippen molar-refractivity contribution in [2.75, 3.05) is 33.4 Å². The van der Waals surface area contributed by atoms with Gasteiger partial charge in [0.05, 0.1) is 18.9 Å².